The largest absolute Gasteiger partial charge is 0.103 e. The highest BCUT2D eigenvalue weighted by Gasteiger charge is 2.04. The van der Waals surface area contributed by atoms with E-state index in [1.165, 1.54) is 32.1 Å². The summed E-state index contributed by atoms with van der Waals surface area (Å²) in [6, 6.07) is 0. The van der Waals surface area contributed by atoms with E-state index in [0.717, 1.165) is 6.42 Å². The van der Waals surface area contributed by atoms with Gasteiger partial charge in [-0.15, -0.1) is 5.92 Å². The number of unbranched alkanes of at least 4 members (excludes halogenated alkanes) is 2. The molecule has 0 spiro atoms. The lowest BCUT2D eigenvalue weighted by Crippen LogP contribution is -1.98. The highest BCUT2D eigenvalue weighted by atomic mass is 14.1. The molecule has 0 bridgehead atoms. The van der Waals surface area contributed by atoms with E-state index in [1.54, 1.807) is 0 Å². The van der Waals surface area contributed by atoms with Crippen LogP contribution in [0.5, 0.6) is 0 Å². The summed E-state index contributed by atoms with van der Waals surface area (Å²) in [6.07, 6.45) is 11.8. The molecule has 0 nitrogen and oxygen atoms in total. The van der Waals surface area contributed by atoms with Crippen molar-refractivity contribution in [3.63, 3.8) is 0 Å². The molecule has 0 saturated heterocycles. The third kappa shape index (κ3) is 3.62. The molecule has 66 valence electrons. The van der Waals surface area contributed by atoms with Gasteiger partial charge in [0.2, 0.25) is 0 Å². The average Bonchev–Trinajstić information content (AvgIpc) is 2.14. The zero-order valence-corrected chi connectivity index (χ0v) is 7.97. The van der Waals surface area contributed by atoms with Gasteiger partial charge < -0.3 is 0 Å². The molecule has 0 aromatic carbocycles. The molecule has 0 saturated carbocycles. The van der Waals surface area contributed by atoms with Gasteiger partial charge in [-0.25, -0.2) is 0 Å². The lowest BCUT2D eigenvalue weighted by Gasteiger charge is -2.09. The molecule has 0 heterocycles. The first-order chi connectivity index (χ1) is 5.93. The van der Waals surface area contributed by atoms with E-state index in [0.29, 0.717) is 5.92 Å². The molecule has 0 aliphatic heterocycles. The van der Waals surface area contributed by atoms with Crippen LogP contribution >= 0.6 is 0 Å². The smallest absolute Gasteiger partial charge is 0.0240 e. The fourth-order valence-electron chi connectivity index (χ4n) is 1.41. The lowest BCUT2D eigenvalue weighted by molar-refractivity contribution is 0.602. The summed E-state index contributed by atoms with van der Waals surface area (Å²) in [7, 11) is 0. The van der Waals surface area contributed by atoms with Crippen molar-refractivity contribution in [1.29, 1.82) is 0 Å². The molecular formula is C12H18. The van der Waals surface area contributed by atoms with Gasteiger partial charge in [0.15, 0.2) is 0 Å². The van der Waals surface area contributed by atoms with Gasteiger partial charge >= 0.3 is 0 Å². The summed E-state index contributed by atoms with van der Waals surface area (Å²) in [5, 5.41) is 0. The first kappa shape index (κ1) is 9.39. The molecule has 0 heteroatoms. The van der Waals surface area contributed by atoms with Crippen molar-refractivity contribution < 1.29 is 0 Å². The summed E-state index contributed by atoms with van der Waals surface area (Å²) in [4.78, 5) is 0. The molecule has 0 amide bonds. The third-order valence-electron chi connectivity index (χ3n) is 2.23. The van der Waals surface area contributed by atoms with Gasteiger partial charge in [0, 0.05) is 12.3 Å². The molecule has 1 aliphatic rings. The van der Waals surface area contributed by atoms with Crippen LogP contribution in [0.1, 0.15) is 45.4 Å². The molecule has 1 unspecified atom stereocenters. The molecule has 0 fully saturated rings. The van der Waals surface area contributed by atoms with E-state index < -0.39 is 0 Å². The Morgan fingerprint density at radius 3 is 3.00 bits per heavy atom. The predicted molar refractivity (Wildman–Crippen MR) is 53.8 cm³/mol. The Labute approximate surface area is 76.1 Å². The van der Waals surface area contributed by atoms with Crippen LogP contribution in [0.25, 0.3) is 0 Å². The summed E-state index contributed by atoms with van der Waals surface area (Å²) in [5.74, 6) is 7.29. The number of allylic oxidation sites excluding steroid dienone is 2. The van der Waals surface area contributed by atoms with Gasteiger partial charge in [0.05, 0.1) is 0 Å². The van der Waals surface area contributed by atoms with Crippen molar-refractivity contribution in [3.8, 4) is 11.8 Å². The van der Waals surface area contributed by atoms with Crippen LogP contribution in [0.2, 0.25) is 0 Å². The first-order valence-electron chi connectivity index (χ1n) is 5.07. The van der Waals surface area contributed by atoms with E-state index in [-0.39, 0.29) is 0 Å². The molecule has 1 rings (SSSR count). The number of hydrogen-bond acceptors (Lipinski definition) is 0. The normalized spacial score (nSPS) is 21.6. The fraction of sp³-hybridized carbons (Fsp3) is 0.667. The quantitative estimate of drug-likeness (QED) is 0.331. The maximum absolute atomic E-state index is 3.36. The van der Waals surface area contributed by atoms with Crippen LogP contribution in [0.3, 0.4) is 0 Å². The summed E-state index contributed by atoms with van der Waals surface area (Å²) in [6.45, 7) is 2.21. The zero-order chi connectivity index (χ0) is 8.65. The van der Waals surface area contributed by atoms with Crippen molar-refractivity contribution in [3.05, 3.63) is 12.2 Å². The first-order valence-corrected chi connectivity index (χ1v) is 5.07. The second kappa shape index (κ2) is 5.89. The van der Waals surface area contributed by atoms with Crippen molar-refractivity contribution in [1.82, 2.24) is 0 Å². The minimum Gasteiger partial charge on any atom is -0.103 e. The Bertz CT molecular complexity index is 190. The molecule has 1 aliphatic carbocycles. The van der Waals surface area contributed by atoms with Crippen LogP contribution in [-0.4, -0.2) is 0 Å². The van der Waals surface area contributed by atoms with E-state index in [1.807, 2.05) is 0 Å². The van der Waals surface area contributed by atoms with E-state index in [4.69, 9.17) is 0 Å². The Balaban J connectivity index is 2.18. The van der Waals surface area contributed by atoms with Gasteiger partial charge in [-0.2, -0.15) is 0 Å². The maximum Gasteiger partial charge on any atom is 0.0240 e. The van der Waals surface area contributed by atoms with Crippen LogP contribution in [0.15, 0.2) is 12.2 Å². The molecule has 0 aromatic heterocycles. The molecule has 1 atom stereocenters. The molecule has 0 N–H and O–H groups in total. The average molecular weight is 162 g/mol. The van der Waals surface area contributed by atoms with E-state index in [2.05, 4.69) is 30.9 Å². The van der Waals surface area contributed by atoms with Crippen LogP contribution in [-0.2, 0) is 0 Å². The summed E-state index contributed by atoms with van der Waals surface area (Å²) < 4.78 is 0. The zero-order valence-electron chi connectivity index (χ0n) is 7.97. The van der Waals surface area contributed by atoms with Crippen LogP contribution in [0, 0.1) is 17.8 Å². The van der Waals surface area contributed by atoms with Crippen LogP contribution in [0.4, 0.5) is 0 Å². The summed E-state index contributed by atoms with van der Waals surface area (Å²) in [5.41, 5.74) is 0. The highest BCUT2D eigenvalue weighted by molar-refractivity contribution is 5.08. The predicted octanol–water partition coefficient (Wildman–Crippen LogP) is 3.54. The SMILES string of the molecule is CCCCC#CC1CC=CCC1. The Kier molecular flexibility index (Phi) is 4.61. The second-order valence-corrected chi connectivity index (χ2v) is 3.41. The summed E-state index contributed by atoms with van der Waals surface area (Å²) >= 11 is 0. The van der Waals surface area contributed by atoms with Crippen molar-refractivity contribution in [2.24, 2.45) is 5.92 Å². The highest BCUT2D eigenvalue weighted by Crippen LogP contribution is 2.16. The van der Waals surface area contributed by atoms with Crippen molar-refractivity contribution >= 4 is 0 Å². The molecule has 12 heavy (non-hydrogen) atoms. The second-order valence-electron chi connectivity index (χ2n) is 3.41. The topological polar surface area (TPSA) is 0 Å². The Morgan fingerprint density at radius 1 is 1.42 bits per heavy atom. The molecular weight excluding hydrogens is 144 g/mol. The van der Waals surface area contributed by atoms with Crippen LogP contribution < -0.4 is 0 Å². The Hall–Kier alpha value is -0.700. The van der Waals surface area contributed by atoms with E-state index in [9.17, 15) is 0 Å². The van der Waals surface area contributed by atoms with Gasteiger partial charge in [-0.3, -0.25) is 0 Å². The number of hydrogen-bond donors (Lipinski definition) is 0. The molecule has 0 radical (unpaired) electrons. The van der Waals surface area contributed by atoms with Crippen molar-refractivity contribution in [2.45, 2.75) is 45.4 Å². The van der Waals surface area contributed by atoms with Gasteiger partial charge in [-0.1, -0.05) is 31.4 Å². The third-order valence-corrected chi connectivity index (χ3v) is 2.23. The minimum absolute atomic E-state index is 0.659. The fourth-order valence-corrected chi connectivity index (χ4v) is 1.41. The van der Waals surface area contributed by atoms with Gasteiger partial charge in [0.1, 0.15) is 0 Å². The number of rotatable bonds is 2. The minimum atomic E-state index is 0.659. The maximum atomic E-state index is 3.36. The molecule has 0 aromatic rings. The Morgan fingerprint density at radius 2 is 2.33 bits per heavy atom. The monoisotopic (exact) mass is 162 g/mol. The van der Waals surface area contributed by atoms with Gasteiger partial charge in [-0.05, 0) is 25.7 Å². The van der Waals surface area contributed by atoms with Gasteiger partial charge in [0.25, 0.3) is 0 Å². The standard InChI is InChI=1S/C12H18/c1-2-3-4-6-9-12-10-7-5-8-11-12/h5,7,12H,2-4,8,10-11H2,1H3. The lowest BCUT2D eigenvalue weighted by atomic mass is 9.95. The van der Waals surface area contributed by atoms with E-state index >= 15 is 0 Å². The van der Waals surface area contributed by atoms with Crippen molar-refractivity contribution in [2.75, 3.05) is 0 Å².